The fourth-order valence-corrected chi connectivity index (χ4v) is 7.89. The second kappa shape index (κ2) is 9.26. The number of fused-ring (bicyclic) bond motifs is 2. The zero-order valence-electron chi connectivity index (χ0n) is 18.9. The van der Waals surface area contributed by atoms with E-state index in [-0.39, 0.29) is 6.04 Å². The van der Waals surface area contributed by atoms with E-state index in [4.69, 9.17) is 4.74 Å². The monoisotopic (exact) mass is 454 g/mol. The van der Waals surface area contributed by atoms with Gasteiger partial charge in [0.2, 0.25) is 10.0 Å². The van der Waals surface area contributed by atoms with Crippen LogP contribution in [0.5, 0.6) is 0 Å². The Morgan fingerprint density at radius 2 is 1.81 bits per heavy atom. The number of rotatable bonds is 7. The van der Waals surface area contributed by atoms with Gasteiger partial charge in [-0.2, -0.15) is 4.31 Å². The molecule has 2 aliphatic heterocycles. The Morgan fingerprint density at radius 3 is 2.59 bits per heavy atom. The predicted octanol–water partition coefficient (Wildman–Crippen LogP) is 4.53. The topological polar surface area (TPSA) is 49.9 Å². The second-order valence-corrected chi connectivity index (χ2v) is 11.5. The molecule has 0 unspecified atom stereocenters. The number of ether oxygens (including phenoxy) is 1. The molecule has 2 aromatic carbocycles. The third-order valence-electron chi connectivity index (χ3n) is 7.57. The lowest BCUT2D eigenvalue weighted by molar-refractivity contribution is 0.149. The van der Waals surface area contributed by atoms with Crippen LogP contribution < -0.4 is 0 Å². The molecular formula is C26H34N2O3S. The van der Waals surface area contributed by atoms with E-state index in [1.807, 2.05) is 18.2 Å². The van der Waals surface area contributed by atoms with Crippen LogP contribution in [0.3, 0.4) is 0 Å². The lowest BCUT2D eigenvalue weighted by Crippen LogP contribution is -2.38. The number of sulfonamides is 1. The second-order valence-electron chi connectivity index (χ2n) is 9.68. The highest BCUT2D eigenvalue weighted by molar-refractivity contribution is 7.89. The molecule has 6 heteroatoms. The van der Waals surface area contributed by atoms with Crippen LogP contribution in [0.1, 0.15) is 44.1 Å². The van der Waals surface area contributed by atoms with Gasteiger partial charge in [-0.05, 0) is 55.2 Å². The molecule has 5 nitrogen and oxygen atoms in total. The Labute approximate surface area is 192 Å². The van der Waals surface area contributed by atoms with Gasteiger partial charge in [0.1, 0.15) is 0 Å². The van der Waals surface area contributed by atoms with Crippen LogP contribution in [-0.2, 0) is 21.3 Å². The Balaban J connectivity index is 1.38. The van der Waals surface area contributed by atoms with Gasteiger partial charge in [-0.3, -0.25) is 4.90 Å². The highest BCUT2D eigenvalue weighted by Crippen LogP contribution is 2.37. The zero-order valence-corrected chi connectivity index (χ0v) is 19.8. The van der Waals surface area contributed by atoms with Crippen molar-refractivity contribution >= 4 is 10.0 Å². The SMILES string of the molecule is COC[C@@H]1CCCN1S(=O)(=O)c1ccccc1-c1ccc(CN2C[C@@H]3CCC[C@H]2C3)cc1. The van der Waals surface area contributed by atoms with Crippen molar-refractivity contribution < 1.29 is 13.2 Å². The third-order valence-corrected chi connectivity index (χ3v) is 9.58. The standard InChI is InChI=1S/C26H34N2O3S/c1-31-19-24-8-5-15-28(24)32(29,30)26-10-3-2-9-25(26)22-13-11-20(12-14-22)17-27-18-21-6-4-7-23(27)16-21/h2-3,9-14,21,23-24H,4-8,15-19H2,1H3/t21-,23+,24+/m1/s1. The van der Waals surface area contributed by atoms with Gasteiger partial charge in [-0.1, -0.05) is 48.9 Å². The van der Waals surface area contributed by atoms with Crippen molar-refractivity contribution in [2.45, 2.75) is 62.0 Å². The minimum absolute atomic E-state index is 0.0830. The predicted molar refractivity (Wildman–Crippen MR) is 127 cm³/mol. The number of likely N-dealkylation sites (tertiary alicyclic amines) is 1. The summed E-state index contributed by atoms with van der Waals surface area (Å²) in [5, 5.41) is 0. The molecule has 0 amide bonds. The summed E-state index contributed by atoms with van der Waals surface area (Å²) in [6.07, 6.45) is 7.19. The molecule has 3 aliphatic rings. The van der Waals surface area contributed by atoms with E-state index in [2.05, 4.69) is 29.2 Å². The Bertz CT molecular complexity index is 1040. The van der Waals surface area contributed by atoms with Crippen molar-refractivity contribution in [1.29, 1.82) is 0 Å². The normalized spacial score (nSPS) is 26.6. The van der Waals surface area contributed by atoms with Gasteiger partial charge in [0.15, 0.2) is 0 Å². The quantitative estimate of drug-likeness (QED) is 0.617. The molecule has 172 valence electrons. The molecule has 5 rings (SSSR count). The van der Waals surface area contributed by atoms with Crippen LogP contribution >= 0.6 is 0 Å². The highest BCUT2D eigenvalue weighted by Gasteiger charge is 2.37. The van der Waals surface area contributed by atoms with E-state index in [9.17, 15) is 8.42 Å². The van der Waals surface area contributed by atoms with E-state index in [1.165, 1.54) is 37.8 Å². The van der Waals surface area contributed by atoms with Crippen molar-refractivity contribution in [1.82, 2.24) is 9.21 Å². The van der Waals surface area contributed by atoms with E-state index >= 15 is 0 Å². The van der Waals surface area contributed by atoms with Crippen LogP contribution in [0.25, 0.3) is 11.1 Å². The van der Waals surface area contributed by atoms with Crippen molar-refractivity contribution in [2.75, 3.05) is 26.8 Å². The smallest absolute Gasteiger partial charge is 0.244 e. The first-order valence-electron chi connectivity index (χ1n) is 12.0. The average molecular weight is 455 g/mol. The summed E-state index contributed by atoms with van der Waals surface area (Å²) in [6.45, 7) is 3.22. The van der Waals surface area contributed by atoms with Crippen LogP contribution in [0.2, 0.25) is 0 Å². The van der Waals surface area contributed by atoms with Gasteiger partial charge in [-0.15, -0.1) is 0 Å². The summed E-state index contributed by atoms with van der Waals surface area (Å²) in [5.41, 5.74) is 3.04. The van der Waals surface area contributed by atoms with E-state index in [0.29, 0.717) is 18.0 Å². The molecule has 0 spiro atoms. The molecular weight excluding hydrogens is 420 g/mol. The Hall–Kier alpha value is -1.73. The van der Waals surface area contributed by atoms with Gasteiger partial charge in [0.25, 0.3) is 0 Å². The molecule has 2 saturated heterocycles. The van der Waals surface area contributed by atoms with Crippen molar-refractivity contribution in [2.24, 2.45) is 5.92 Å². The molecule has 2 aromatic rings. The largest absolute Gasteiger partial charge is 0.383 e. The number of methoxy groups -OCH3 is 1. The van der Waals surface area contributed by atoms with Crippen LogP contribution in [0.15, 0.2) is 53.4 Å². The summed E-state index contributed by atoms with van der Waals surface area (Å²) in [6, 6.07) is 16.6. The maximum absolute atomic E-state index is 13.6. The minimum Gasteiger partial charge on any atom is -0.383 e. The molecule has 2 heterocycles. The van der Waals surface area contributed by atoms with Crippen molar-refractivity contribution in [3.05, 3.63) is 54.1 Å². The van der Waals surface area contributed by atoms with E-state index in [1.54, 1.807) is 17.5 Å². The first kappa shape index (κ1) is 22.1. The lowest BCUT2D eigenvalue weighted by atomic mass is 9.90. The molecule has 0 N–H and O–H groups in total. The van der Waals surface area contributed by atoms with Crippen LogP contribution in [-0.4, -0.2) is 56.5 Å². The first-order valence-corrected chi connectivity index (χ1v) is 13.4. The molecule has 1 aliphatic carbocycles. The van der Waals surface area contributed by atoms with Gasteiger partial charge in [-0.25, -0.2) is 8.42 Å². The molecule has 32 heavy (non-hydrogen) atoms. The Kier molecular flexibility index (Phi) is 6.39. The fourth-order valence-electron chi connectivity index (χ4n) is 6.00. The number of nitrogens with zero attached hydrogens (tertiary/aromatic N) is 2. The highest BCUT2D eigenvalue weighted by atomic mass is 32.2. The van der Waals surface area contributed by atoms with Gasteiger partial charge < -0.3 is 4.74 Å². The summed E-state index contributed by atoms with van der Waals surface area (Å²) in [7, 11) is -1.95. The molecule has 0 radical (unpaired) electrons. The summed E-state index contributed by atoms with van der Waals surface area (Å²) < 4.78 is 34.1. The summed E-state index contributed by atoms with van der Waals surface area (Å²) in [4.78, 5) is 3.04. The van der Waals surface area contributed by atoms with Crippen molar-refractivity contribution in [3.63, 3.8) is 0 Å². The van der Waals surface area contributed by atoms with Crippen LogP contribution in [0, 0.1) is 5.92 Å². The summed E-state index contributed by atoms with van der Waals surface area (Å²) in [5.74, 6) is 0.887. The van der Waals surface area contributed by atoms with Gasteiger partial charge in [0, 0.05) is 44.4 Å². The van der Waals surface area contributed by atoms with E-state index in [0.717, 1.165) is 42.5 Å². The molecule has 3 atom stereocenters. The van der Waals surface area contributed by atoms with Crippen LogP contribution in [0.4, 0.5) is 0 Å². The first-order chi connectivity index (χ1) is 15.6. The van der Waals surface area contributed by atoms with E-state index < -0.39 is 10.0 Å². The maximum atomic E-state index is 13.6. The minimum atomic E-state index is -3.58. The third kappa shape index (κ3) is 4.26. The maximum Gasteiger partial charge on any atom is 0.244 e. The fraction of sp³-hybridized carbons (Fsp3) is 0.538. The van der Waals surface area contributed by atoms with Gasteiger partial charge in [0.05, 0.1) is 11.5 Å². The molecule has 1 saturated carbocycles. The molecule has 2 bridgehead atoms. The average Bonchev–Trinajstić information content (AvgIpc) is 3.39. The molecule has 3 fully saturated rings. The van der Waals surface area contributed by atoms with Crippen molar-refractivity contribution in [3.8, 4) is 11.1 Å². The summed E-state index contributed by atoms with van der Waals surface area (Å²) >= 11 is 0. The lowest BCUT2D eigenvalue weighted by Gasteiger charge is -2.25. The number of hydrogen-bond acceptors (Lipinski definition) is 4. The Morgan fingerprint density at radius 1 is 1.00 bits per heavy atom. The molecule has 0 aromatic heterocycles. The zero-order chi connectivity index (χ0) is 22.1. The number of benzene rings is 2. The number of hydrogen-bond donors (Lipinski definition) is 0. The van der Waals surface area contributed by atoms with Gasteiger partial charge >= 0.3 is 0 Å².